The largest absolute Gasteiger partial charge is 0.452 e. The molecule has 1 saturated carbocycles. The van der Waals surface area contributed by atoms with Crippen LogP contribution in [0.3, 0.4) is 0 Å². The second-order valence-electron chi connectivity index (χ2n) is 6.97. The van der Waals surface area contributed by atoms with E-state index in [1.165, 1.54) is 36.2 Å². The van der Waals surface area contributed by atoms with Crippen molar-refractivity contribution in [2.75, 3.05) is 20.2 Å². The SMILES string of the molecule is CC(C)NS(=O)(=O)c1cccc(C(=O)OCC(=O)N(C)CC(=O)NC2CC2)c1. The Morgan fingerprint density at radius 3 is 2.54 bits per heavy atom. The van der Waals surface area contributed by atoms with Crippen molar-refractivity contribution < 1.29 is 27.5 Å². The molecule has 1 fully saturated rings. The van der Waals surface area contributed by atoms with E-state index in [4.69, 9.17) is 4.74 Å². The molecule has 0 aromatic heterocycles. The number of nitrogens with zero attached hydrogens (tertiary/aromatic N) is 1. The normalized spacial score (nSPS) is 13.9. The second kappa shape index (κ2) is 9.16. The van der Waals surface area contributed by atoms with Gasteiger partial charge in [0.25, 0.3) is 5.91 Å². The number of esters is 1. The zero-order chi connectivity index (χ0) is 20.9. The lowest BCUT2D eigenvalue weighted by molar-refractivity contribution is -0.137. The number of hydrogen-bond acceptors (Lipinski definition) is 6. The molecule has 0 radical (unpaired) electrons. The molecule has 2 N–H and O–H groups in total. The highest BCUT2D eigenvalue weighted by atomic mass is 32.2. The molecule has 1 aromatic rings. The van der Waals surface area contributed by atoms with Crippen molar-refractivity contribution in [3.63, 3.8) is 0 Å². The van der Waals surface area contributed by atoms with E-state index in [9.17, 15) is 22.8 Å². The van der Waals surface area contributed by atoms with E-state index in [-0.39, 0.29) is 35.0 Å². The number of sulfonamides is 1. The first-order chi connectivity index (χ1) is 13.1. The van der Waals surface area contributed by atoms with Gasteiger partial charge in [0.15, 0.2) is 6.61 Å². The van der Waals surface area contributed by atoms with Crippen LogP contribution in [0.2, 0.25) is 0 Å². The fourth-order valence-electron chi connectivity index (χ4n) is 2.29. The standard InChI is InChI=1S/C18H25N3O6S/c1-12(2)20-28(25,26)15-6-4-5-13(9-15)18(24)27-11-17(23)21(3)10-16(22)19-14-7-8-14/h4-6,9,12,14,20H,7-8,10-11H2,1-3H3,(H,19,22). The number of nitrogens with one attached hydrogen (secondary N) is 2. The summed E-state index contributed by atoms with van der Waals surface area (Å²) in [4.78, 5) is 37.0. The molecule has 1 aromatic carbocycles. The Morgan fingerprint density at radius 2 is 1.93 bits per heavy atom. The van der Waals surface area contributed by atoms with Gasteiger partial charge in [-0.25, -0.2) is 17.9 Å². The number of ether oxygens (including phenoxy) is 1. The molecule has 2 amide bonds. The summed E-state index contributed by atoms with van der Waals surface area (Å²) in [5.74, 6) is -1.63. The number of carbonyl (C=O) groups is 3. The molecule has 0 aliphatic heterocycles. The lowest BCUT2D eigenvalue weighted by Crippen LogP contribution is -2.40. The third-order valence-electron chi connectivity index (χ3n) is 3.85. The summed E-state index contributed by atoms with van der Waals surface area (Å²) in [6, 6.07) is 5.26. The summed E-state index contributed by atoms with van der Waals surface area (Å²) in [6.07, 6.45) is 1.89. The molecular formula is C18H25N3O6S. The van der Waals surface area contributed by atoms with Crippen molar-refractivity contribution in [1.82, 2.24) is 14.9 Å². The van der Waals surface area contributed by atoms with Crippen LogP contribution in [0, 0.1) is 0 Å². The highest BCUT2D eigenvalue weighted by Crippen LogP contribution is 2.18. The van der Waals surface area contributed by atoms with Crippen molar-refractivity contribution in [2.24, 2.45) is 0 Å². The van der Waals surface area contributed by atoms with Gasteiger partial charge in [-0.05, 0) is 44.9 Å². The van der Waals surface area contributed by atoms with Crippen LogP contribution in [0.25, 0.3) is 0 Å². The highest BCUT2D eigenvalue weighted by Gasteiger charge is 2.24. The minimum atomic E-state index is -3.76. The van der Waals surface area contributed by atoms with Gasteiger partial charge in [-0.1, -0.05) is 6.07 Å². The fourth-order valence-corrected chi connectivity index (χ4v) is 3.59. The summed E-state index contributed by atoms with van der Waals surface area (Å²) >= 11 is 0. The highest BCUT2D eigenvalue weighted by molar-refractivity contribution is 7.89. The molecule has 0 heterocycles. The molecule has 1 aliphatic rings. The summed E-state index contributed by atoms with van der Waals surface area (Å²) in [5.41, 5.74) is 0.00793. The Labute approximate surface area is 164 Å². The Kier molecular flexibility index (Phi) is 7.14. The van der Waals surface area contributed by atoms with Crippen molar-refractivity contribution >= 4 is 27.8 Å². The molecule has 0 atom stereocenters. The van der Waals surface area contributed by atoms with Crippen LogP contribution in [0.5, 0.6) is 0 Å². The number of hydrogen-bond donors (Lipinski definition) is 2. The van der Waals surface area contributed by atoms with Crippen molar-refractivity contribution in [3.05, 3.63) is 29.8 Å². The monoisotopic (exact) mass is 411 g/mol. The van der Waals surface area contributed by atoms with Crippen LogP contribution < -0.4 is 10.0 Å². The average Bonchev–Trinajstić information content (AvgIpc) is 3.42. The predicted octanol–water partition coefficient (Wildman–Crippen LogP) is 0.267. The molecule has 0 saturated heterocycles. The quantitative estimate of drug-likeness (QED) is 0.563. The van der Waals surface area contributed by atoms with Crippen molar-refractivity contribution in [3.8, 4) is 0 Å². The van der Waals surface area contributed by atoms with Crippen molar-refractivity contribution in [1.29, 1.82) is 0 Å². The lowest BCUT2D eigenvalue weighted by atomic mass is 10.2. The van der Waals surface area contributed by atoms with Crippen molar-refractivity contribution in [2.45, 2.75) is 43.7 Å². The van der Waals surface area contributed by atoms with E-state index in [2.05, 4.69) is 10.0 Å². The molecule has 2 rings (SSSR count). The Bertz CT molecular complexity index is 849. The van der Waals surface area contributed by atoms with E-state index >= 15 is 0 Å². The number of benzene rings is 1. The number of likely N-dealkylation sites (N-methyl/N-ethyl adjacent to an activating group) is 1. The van der Waals surface area contributed by atoms with E-state index < -0.39 is 28.5 Å². The average molecular weight is 411 g/mol. The van der Waals surface area contributed by atoms with Gasteiger partial charge < -0.3 is 15.0 Å². The molecule has 9 nitrogen and oxygen atoms in total. The maximum Gasteiger partial charge on any atom is 0.338 e. The molecule has 1 aliphatic carbocycles. The molecule has 0 unspecified atom stereocenters. The summed E-state index contributed by atoms with van der Waals surface area (Å²) in [7, 11) is -2.32. The van der Waals surface area contributed by atoms with Gasteiger partial charge in [-0.3, -0.25) is 9.59 Å². The minimum absolute atomic E-state index is 0.00793. The number of carbonyl (C=O) groups excluding carboxylic acids is 3. The van der Waals surface area contributed by atoms with Crippen LogP contribution in [-0.4, -0.2) is 63.4 Å². The van der Waals surface area contributed by atoms with Crippen LogP contribution in [0.4, 0.5) is 0 Å². The summed E-state index contributed by atoms with van der Waals surface area (Å²) < 4.78 is 31.8. The Balaban J connectivity index is 1.90. The first kappa shape index (κ1) is 21.8. The van der Waals surface area contributed by atoms with Gasteiger partial charge >= 0.3 is 5.97 Å². The number of amides is 2. The maximum absolute atomic E-state index is 12.2. The fraction of sp³-hybridized carbons (Fsp3) is 0.500. The van der Waals surface area contributed by atoms with E-state index in [1.54, 1.807) is 13.8 Å². The topological polar surface area (TPSA) is 122 Å². The smallest absolute Gasteiger partial charge is 0.338 e. The Morgan fingerprint density at radius 1 is 1.25 bits per heavy atom. The molecule has 10 heteroatoms. The van der Waals surface area contributed by atoms with Gasteiger partial charge in [-0.15, -0.1) is 0 Å². The third kappa shape index (κ3) is 6.61. The summed E-state index contributed by atoms with van der Waals surface area (Å²) in [6.45, 7) is 2.69. The molecule has 28 heavy (non-hydrogen) atoms. The van der Waals surface area contributed by atoms with Gasteiger partial charge in [-0.2, -0.15) is 0 Å². The molecular weight excluding hydrogens is 386 g/mol. The van der Waals surface area contributed by atoms with Gasteiger partial charge in [0.05, 0.1) is 17.0 Å². The van der Waals surface area contributed by atoms with E-state index in [1.807, 2.05) is 0 Å². The van der Waals surface area contributed by atoms with Crippen LogP contribution in [0.15, 0.2) is 29.2 Å². The predicted molar refractivity (Wildman–Crippen MR) is 101 cm³/mol. The maximum atomic E-state index is 12.2. The van der Waals surface area contributed by atoms with E-state index in [0.29, 0.717) is 0 Å². The van der Waals surface area contributed by atoms with Crippen LogP contribution in [-0.2, 0) is 24.3 Å². The summed E-state index contributed by atoms with van der Waals surface area (Å²) in [5, 5.41) is 2.76. The molecule has 154 valence electrons. The van der Waals surface area contributed by atoms with Gasteiger partial charge in [0.2, 0.25) is 15.9 Å². The Hall–Kier alpha value is -2.46. The lowest BCUT2D eigenvalue weighted by Gasteiger charge is -2.16. The zero-order valence-corrected chi connectivity index (χ0v) is 16.9. The first-order valence-corrected chi connectivity index (χ1v) is 10.4. The van der Waals surface area contributed by atoms with Crippen LogP contribution in [0.1, 0.15) is 37.0 Å². The molecule has 0 spiro atoms. The van der Waals surface area contributed by atoms with E-state index in [0.717, 1.165) is 12.8 Å². The number of rotatable bonds is 9. The first-order valence-electron chi connectivity index (χ1n) is 8.91. The third-order valence-corrected chi connectivity index (χ3v) is 5.50. The minimum Gasteiger partial charge on any atom is -0.452 e. The van der Waals surface area contributed by atoms with Gasteiger partial charge in [0.1, 0.15) is 0 Å². The van der Waals surface area contributed by atoms with Gasteiger partial charge in [0, 0.05) is 19.1 Å². The second-order valence-corrected chi connectivity index (χ2v) is 8.69. The van der Waals surface area contributed by atoms with Crippen LogP contribution >= 0.6 is 0 Å². The molecule has 0 bridgehead atoms. The zero-order valence-electron chi connectivity index (χ0n) is 16.1.